The first kappa shape index (κ1) is 18.2. The zero-order valence-electron chi connectivity index (χ0n) is 14.6. The van der Waals surface area contributed by atoms with Crippen LogP contribution in [-0.2, 0) is 16.4 Å². The molecule has 2 aromatic heterocycles. The summed E-state index contributed by atoms with van der Waals surface area (Å²) in [5.41, 5.74) is 1.12. The number of sulfone groups is 1. The van der Waals surface area contributed by atoms with Crippen LogP contribution < -0.4 is 10.1 Å². The number of carbonyl (C=O) groups is 1. The Bertz CT molecular complexity index is 896. The predicted octanol–water partition coefficient (Wildman–Crippen LogP) is 1.31. The highest BCUT2D eigenvalue weighted by molar-refractivity contribution is 7.91. The van der Waals surface area contributed by atoms with Gasteiger partial charge in [0.25, 0.3) is 0 Å². The van der Waals surface area contributed by atoms with Crippen LogP contribution in [0.3, 0.4) is 0 Å². The lowest BCUT2D eigenvalue weighted by atomic mass is 10.1. The van der Waals surface area contributed by atoms with Crippen molar-refractivity contribution in [3.05, 3.63) is 36.3 Å². The molecule has 10 heteroatoms. The van der Waals surface area contributed by atoms with Crippen molar-refractivity contribution in [3.63, 3.8) is 0 Å². The molecule has 2 aromatic rings. The molecule has 1 aliphatic rings. The van der Waals surface area contributed by atoms with Crippen molar-refractivity contribution in [3.8, 4) is 5.88 Å². The summed E-state index contributed by atoms with van der Waals surface area (Å²) in [6.45, 7) is 2.71. The average molecular weight is 379 g/mol. The molecule has 0 radical (unpaired) electrons. The van der Waals surface area contributed by atoms with Gasteiger partial charge in [-0.15, -0.1) is 0 Å². The van der Waals surface area contributed by atoms with Crippen molar-refractivity contribution >= 4 is 21.6 Å². The van der Waals surface area contributed by atoms with Gasteiger partial charge in [0.2, 0.25) is 5.88 Å². The molecule has 0 aliphatic carbocycles. The minimum atomic E-state index is -3.23. The summed E-state index contributed by atoms with van der Waals surface area (Å²) < 4.78 is 31.1. The first-order chi connectivity index (χ1) is 12.4. The Morgan fingerprint density at radius 2 is 2.27 bits per heavy atom. The second-order valence-corrected chi connectivity index (χ2v) is 8.17. The molecule has 1 N–H and O–H groups in total. The molecular formula is C16H21N5O4S. The number of nitrogens with one attached hydrogen (secondary N) is 1. The van der Waals surface area contributed by atoms with Crippen LogP contribution >= 0.6 is 0 Å². The number of ether oxygens (including phenoxy) is 1. The third kappa shape index (κ3) is 3.79. The lowest BCUT2D eigenvalue weighted by molar-refractivity contribution is 0.194. The van der Waals surface area contributed by atoms with Gasteiger partial charge in [-0.2, -0.15) is 5.10 Å². The first-order valence-corrected chi connectivity index (χ1v) is 10.0. The summed E-state index contributed by atoms with van der Waals surface area (Å²) >= 11 is 0. The van der Waals surface area contributed by atoms with Crippen molar-refractivity contribution in [2.45, 2.75) is 19.5 Å². The Morgan fingerprint density at radius 1 is 1.46 bits per heavy atom. The third-order valence-electron chi connectivity index (χ3n) is 4.26. The van der Waals surface area contributed by atoms with Gasteiger partial charge in [0.15, 0.2) is 9.84 Å². The number of amides is 2. The number of carbonyl (C=O) groups excluding carboxylic acids is 1. The molecule has 140 valence electrons. The summed E-state index contributed by atoms with van der Waals surface area (Å²) in [6.07, 6.45) is 4.94. The van der Waals surface area contributed by atoms with Gasteiger partial charge in [0.05, 0.1) is 30.9 Å². The molecule has 3 heterocycles. The van der Waals surface area contributed by atoms with Crippen molar-refractivity contribution < 1.29 is 17.9 Å². The largest absolute Gasteiger partial charge is 0.480 e. The maximum Gasteiger partial charge on any atom is 0.322 e. The molecule has 0 saturated carbocycles. The predicted molar refractivity (Wildman–Crippen MR) is 95.8 cm³/mol. The summed E-state index contributed by atoms with van der Waals surface area (Å²) in [5, 5.41) is 6.95. The number of urea groups is 1. The fourth-order valence-electron chi connectivity index (χ4n) is 2.89. The van der Waals surface area contributed by atoms with Gasteiger partial charge in [-0.3, -0.25) is 4.68 Å². The van der Waals surface area contributed by atoms with Crippen LogP contribution in [0.4, 0.5) is 10.5 Å². The van der Waals surface area contributed by atoms with E-state index in [0.29, 0.717) is 23.7 Å². The molecule has 1 fully saturated rings. The quantitative estimate of drug-likeness (QED) is 0.858. The van der Waals surface area contributed by atoms with E-state index in [2.05, 4.69) is 15.4 Å². The van der Waals surface area contributed by atoms with Crippen LogP contribution in [0, 0.1) is 0 Å². The van der Waals surface area contributed by atoms with E-state index in [4.69, 9.17) is 4.74 Å². The average Bonchev–Trinajstić information content (AvgIpc) is 3.10. The molecule has 26 heavy (non-hydrogen) atoms. The fraction of sp³-hybridized carbons (Fsp3) is 0.438. The highest BCUT2D eigenvalue weighted by Crippen LogP contribution is 2.28. The summed E-state index contributed by atoms with van der Waals surface area (Å²) in [7, 11) is -1.76. The minimum Gasteiger partial charge on any atom is -0.480 e. The zero-order valence-corrected chi connectivity index (χ0v) is 15.4. The van der Waals surface area contributed by atoms with Crippen LogP contribution in [0.2, 0.25) is 0 Å². The van der Waals surface area contributed by atoms with Crippen LogP contribution in [-0.4, -0.2) is 59.3 Å². The molecule has 0 aromatic carbocycles. The Balaban J connectivity index is 1.86. The van der Waals surface area contributed by atoms with Crippen molar-refractivity contribution in [1.82, 2.24) is 19.7 Å². The molecule has 2 amide bonds. The number of anilines is 1. The highest BCUT2D eigenvalue weighted by Gasteiger charge is 2.36. The number of hydrogen-bond acceptors (Lipinski definition) is 6. The lowest BCUT2D eigenvalue weighted by Gasteiger charge is -2.35. The Hall–Kier alpha value is -2.62. The third-order valence-corrected chi connectivity index (χ3v) is 5.89. The van der Waals surface area contributed by atoms with Gasteiger partial charge in [0.1, 0.15) is 5.69 Å². The Morgan fingerprint density at radius 3 is 2.96 bits per heavy atom. The smallest absolute Gasteiger partial charge is 0.322 e. The van der Waals surface area contributed by atoms with Gasteiger partial charge in [-0.25, -0.2) is 18.2 Å². The van der Waals surface area contributed by atoms with Gasteiger partial charge in [0, 0.05) is 31.0 Å². The number of aromatic nitrogens is 3. The number of methoxy groups -OCH3 is 1. The van der Waals surface area contributed by atoms with E-state index in [-0.39, 0.29) is 18.1 Å². The molecular weight excluding hydrogens is 358 g/mol. The van der Waals surface area contributed by atoms with Crippen molar-refractivity contribution in [2.24, 2.45) is 0 Å². The fourth-order valence-corrected chi connectivity index (χ4v) is 4.38. The SMILES string of the molecule is CCn1cc([C@@H]2CS(=O)(=O)CCN2C(=O)Nc2cccnc2OC)cn1. The van der Waals surface area contributed by atoms with E-state index in [1.54, 1.807) is 35.4 Å². The monoisotopic (exact) mass is 379 g/mol. The maximum atomic E-state index is 12.8. The summed E-state index contributed by atoms with van der Waals surface area (Å²) in [4.78, 5) is 18.4. The summed E-state index contributed by atoms with van der Waals surface area (Å²) in [6, 6.07) is 2.37. The number of nitrogens with zero attached hydrogens (tertiary/aromatic N) is 4. The molecule has 1 saturated heterocycles. The van der Waals surface area contributed by atoms with E-state index < -0.39 is 21.9 Å². The molecule has 0 bridgehead atoms. The Labute approximate surface area is 151 Å². The van der Waals surface area contributed by atoms with Crippen LogP contribution in [0.5, 0.6) is 5.88 Å². The van der Waals surface area contributed by atoms with E-state index in [0.717, 1.165) is 0 Å². The molecule has 1 atom stereocenters. The topological polar surface area (TPSA) is 106 Å². The van der Waals surface area contributed by atoms with Gasteiger partial charge < -0.3 is 15.0 Å². The van der Waals surface area contributed by atoms with Gasteiger partial charge in [-0.05, 0) is 19.1 Å². The maximum absolute atomic E-state index is 12.8. The second kappa shape index (κ2) is 7.32. The van der Waals surface area contributed by atoms with Gasteiger partial charge >= 0.3 is 6.03 Å². The minimum absolute atomic E-state index is 0.0665. The molecule has 9 nitrogen and oxygen atoms in total. The van der Waals surface area contributed by atoms with E-state index in [1.165, 1.54) is 12.0 Å². The number of rotatable bonds is 4. The zero-order chi connectivity index (χ0) is 18.7. The molecule has 0 unspecified atom stereocenters. The van der Waals surface area contributed by atoms with Crippen LogP contribution in [0.25, 0.3) is 0 Å². The van der Waals surface area contributed by atoms with Gasteiger partial charge in [-0.1, -0.05) is 0 Å². The number of hydrogen-bond donors (Lipinski definition) is 1. The molecule has 3 rings (SSSR count). The first-order valence-electron chi connectivity index (χ1n) is 8.23. The van der Waals surface area contributed by atoms with Crippen molar-refractivity contribution in [2.75, 3.05) is 30.5 Å². The number of aryl methyl sites for hydroxylation is 1. The molecule has 0 spiro atoms. The van der Waals surface area contributed by atoms with E-state index >= 15 is 0 Å². The number of pyridine rings is 1. The lowest BCUT2D eigenvalue weighted by Crippen LogP contribution is -2.47. The van der Waals surface area contributed by atoms with Crippen LogP contribution in [0.15, 0.2) is 30.7 Å². The van der Waals surface area contributed by atoms with Crippen LogP contribution in [0.1, 0.15) is 18.5 Å². The van der Waals surface area contributed by atoms with Crippen molar-refractivity contribution in [1.29, 1.82) is 0 Å². The second-order valence-electron chi connectivity index (χ2n) is 5.94. The summed E-state index contributed by atoms with van der Waals surface area (Å²) in [5.74, 6) is 0.101. The standard InChI is InChI=1S/C16H21N5O4S/c1-3-20-10-12(9-18-20)14-11-26(23,24)8-7-21(14)16(22)19-13-5-4-6-17-15(13)25-2/h4-6,9-10,14H,3,7-8,11H2,1-2H3,(H,19,22)/t14-/m0/s1. The normalized spacial score (nSPS) is 19.2. The Kier molecular flexibility index (Phi) is 5.12. The molecule has 1 aliphatic heterocycles. The highest BCUT2D eigenvalue weighted by atomic mass is 32.2. The van der Waals surface area contributed by atoms with E-state index in [1.807, 2.05) is 6.92 Å². The van der Waals surface area contributed by atoms with E-state index in [9.17, 15) is 13.2 Å².